The molecular weight excluding hydrogens is 199 g/mol. The molecule has 0 aliphatic rings. The average molecular weight is 228 g/mol. The number of allylic oxidation sites excluding steroid dienone is 2. The lowest BCUT2D eigenvalue weighted by Gasteiger charge is -2.12. The molecule has 15 heavy (non-hydrogen) atoms. The molecule has 0 nitrogen and oxygen atoms in total. The molecule has 0 aromatic rings. The first kappa shape index (κ1) is 15.2. The third-order valence-corrected chi connectivity index (χ3v) is 5.71. The van der Waals surface area contributed by atoms with Crippen LogP contribution in [0.15, 0.2) is 12.2 Å². The van der Waals surface area contributed by atoms with Crippen molar-refractivity contribution in [1.82, 2.24) is 0 Å². The zero-order valence-electron chi connectivity index (χ0n) is 11.0. The Hall–Kier alpha value is 0.170. The topological polar surface area (TPSA) is 0 Å². The van der Waals surface area contributed by atoms with E-state index < -0.39 is 0 Å². The van der Waals surface area contributed by atoms with Crippen LogP contribution in [-0.2, 0) is 0 Å². The Morgan fingerprint density at radius 1 is 0.867 bits per heavy atom. The van der Waals surface area contributed by atoms with Crippen molar-refractivity contribution in [2.75, 3.05) is 18.5 Å². The summed E-state index contributed by atoms with van der Waals surface area (Å²) in [4.78, 5) is 0. The van der Waals surface area contributed by atoms with Crippen LogP contribution in [0.1, 0.15) is 59.3 Å². The summed E-state index contributed by atoms with van der Waals surface area (Å²) in [5, 5.41) is 0. The monoisotopic (exact) mass is 228 g/mol. The number of hydrogen-bond donors (Lipinski definition) is 0. The molecule has 0 aromatic carbocycles. The second-order valence-corrected chi connectivity index (χ2v) is 7.21. The first-order valence-corrected chi connectivity index (χ1v) is 8.58. The SMILES string of the molecule is CC=CCCCCCCCP(CC)CC. The molecule has 0 heterocycles. The summed E-state index contributed by atoms with van der Waals surface area (Å²) in [6.07, 6.45) is 17.4. The van der Waals surface area contributed by atoms with Crippen LogP contribution in [0.3, 0.4) is 0 Å². The molecule has 0 unspecified atom stereocenters. The molecule has 0 fully saturated rings. The summed E-state index contributed by atoms with van der Waals surface area (Å²) in [5.74, 6) is 0. The predicted molar refractivity (Wildman–Crippen MR) is 75.4 cm³/mol. The van der Waals surface area contributed by atoms with Gasteiger partial charge in [-0.1, -0.05) is 45.3 Å². The molecule has 0 aromatic heterocycles. The minimum absolute atomic E-state index is 0.402. The summed E-state index contributed by atoms with van der Waals surface area (Å²) in [7, 11) is 0.402. The van der Waals surface area contributed by atoms with E-state index in [1.165, 1.54) is 57.0 Å². The van der Waals surface area contributed by atoms with E-state index in [1.54, 1.807) is 0 Å². The summed E-state index contributed by atoms with van der Waals surface area (Å²) >= 11 is 0. The van der Waals surface area contributed by atoms with Crippen LogP contribution in [0.2, 0.25) is 0 Å². The van der Waals surface area contributed by atoms with Crippen molar-refractivity contribution in [3.63, 3.8) is 0 Å². The lowest BCUT2D eigenvalue weighted by Crippen LogP contribution is -1.90. The molecular formula is C14H29P. The highest BCUT2D eigenvalue weighted by Gasteiger charge is 2.00. The highest BCUT2D eigenvalue weighted by molar-refractivity contribution is 7.57. The highest BCUT2D eigenvalue weighted by atomic mass is 31.1. The standard InChI is InChI=1S/C14H29P/c1-4-7-8-9-10-11-12-13-14-15(5-2)6-3/h4,7H,5-6,8-14H2,1-3H3. The summed E-state index contributed by atoms with van der Waals surface area (Å²) < 4.78 is 0. The van der Waals surface area contributed by atoms with Crippen molar-refractivity contribution in [2.45, 2.75) is 59.3 Å². The van der Waals surface area contributed by atoms with Crippen molar-refractivity contribution in [3.8, 4) is 0 Å². The maximum atomic E-state index is 2.35. The van der Waals surface area contributed by atoms with Gasteiger partial charge in [-0.05, 0) is 44.7 Å². The lowest BCUT2D eigenvalue weighted by atomic mass is 10.1. The van der Waals surface area contributed by atoms with Gasteiger partial charge in [-0.25, -0.2) is 0 Å². The van der Waals surface area contributed by atoms with Crippen molar-refractivity contribution in [1.29, 1.82) is 0 Å². The fourth-order valence-corrected chi connectivity index (χ4v) is 3.58. The second-order valence-electron chi connectivity index (χ2n) is 4.15. The highest BCUT2D eigenvalue weighted by Crippen LogP contribution is 2.35. The maximum absolute atomic E-state index is 2.35. The van der Waals surface area contributed by atoms with Gasteiger partial charge in [-0.15, -0.1) is 7.92 Å². The van der Waals surface area contributed by atoms with E-state index in [1.807, 2.05) is 0 Å². The van der Waals surface area contributed by atoms with Crippen LogP contribution in [0.4, 0.5) is 0 Å². The summed E-state index contributed by atoms with van der Waals surface area (Å²) in [5.41, 5.74) is 0. The molecule has 1 heteroatoms. The minimum Gasteiger partial charge on any atom is -0.107 e. The molecule has 0 atom stereocenters. The number of unbranched alkanes of at least 4 members (excludes halogenated alkanes) is 5. The van der Waals surface area contributed by atoms with Crippen LogP contribution in [0.25, 0.3) is 0 Å². The quantitative estimate of drug-likeness (QED) is 0.266. The van der Waals surface area contributed by atoms with Crippen LogP contribution in [0.5, 0.6) is 0 Å². The Kier molecular flexibility index (Phi) is 12.4. The molecule has 0 aliphatic carbocycles. The minimum atomic E-state index is 0.402. The molecule has 0 spiro atoms. The zero-order chi connectivity index (χ0) is 11.4. The third kappa shape index (κ3) is 10.5. The molecule has 0 bridgehead atoms. The van der Waals surface area contributed by atoms with Crippen molar-refractivity contribution >= 4 is 7.92 Å². The average Bonchev–Trinajstić information content (AvgIpc) is 2.27. The van der Waals surface area contributed by atoms with Crippen LogP contribution in [-0.4, -0.2) is 18.5 Å². The van der Waals surface area contributed by atoms with Crippen LogP contribution < -0.4 is 0 Å². The Bertz CT molecular complexity index is 136. The van der Waals surface area contributed by atoms with Crippen molar-refractivity contribution in [2.24, 2.45) is 0 Å². The molecule has 0 saturated carbocycles. The number of hydrogen-bond acceptors (Lipinski definition) is 0. The Balaban J connectivity index is 3.10. The van der Waals surface area contributed by atoms with Crippen LogP contribution in [0, 0.1) is 0 Å². The fraction of sp³-hybridized carbons (Fsp3) is 0.857. The zero-order valence-corrected chi connectivity index (χ0v) is 11.9. The first-order chi connectivity index (χ1) is 7.35. The second kappa shape index (κ2) is 12.2. The van der Waals surface area contributed by atoms with E-state index in [0.717, 1.165) is 0 Å². The van der Waals surface area contributed by atoms with Gasteiger partial charge in [0.05, 0.1) is 0 Å². The molecule has 0 N–H and O–H groups in total. The first-order valence-electron chi connectivity index (χ1n) is 6.68. The van der Waals surface area contributed by atoms with Gasteiger partial charge in [0.15, 0.2) is 0 Å². The van der Waals surface area contributed by atoms with Gasteiger partial charge >= 0.3 is 0 Å². The summed E-state index contributed by atoms with van der Waals surface area (Å²) in [6, 6.07) is 0. The normalized spacial score (nSPS) is 11.7. The summed E-state index contributed by atoms with van der Waals surface area (Å²) in [6.45, 7) is 6.82. The smallest absolute Gasteiger partial charge is 0.0326 e. The van der Waals surface area contributed by atoms with E-state index in [-0.39, 0.29) is 0 Å². The Morgan fingerprint density at radius 2 is 1.47 bits per heavy atom. The van der Waals surface area contributed by atoms with E-state index in [0.29, 0.717) is 7.92 Å². The molecule has 0 rings (SSSR count). The molecule has 0 radical (unpaired) electrons. The molecule has 90 valence electrons. The van der Waals surface area contributed by atoms with E-state index in [4.69, 9.17) is 0 Å². The largest absolute Gasteiger partial charge is 0.107 e. The Morgan fingerprint density at radius 3 is 2.07 bits per heavy atom. The van der Waals surface area contributed by atoms with E-state index >= 15 is 0 Å². The van der Waals surface area contributed by atoms with Gasteiger partial charge < -0.3 is 0 Å². The maximum Gasteiger partial charge on any atom is -0.0326 e. The Labute approximate surface area is 98.3 Å². The molecule has 0 amide bonds. The van der Waals surface area contributed by atoms with E-state index in [2.05, 4.69) is 32.9 Å². The molecule has 0 aliphatic heterocycles. The number of rotatable bonds is 10. The predicted octanol–water partition coefficient (Wildman–Crippen LogP) is 5.42. The van der Waals surface area contributed by atoms with Gasteiger partial charge in [-0.2, -0.15) is 0 Å². The third-order valence-electron chi connectivity index (χ3n) is 2.98. The van der Waals surface area contributed by atoms with Crippen molar-refractivity contribution in [3.05, 3.63) is 12.2 Å². The van der Waals surface area contributed by atoms with Gasteiger partial charge in [-0.3, -0.25) is 0 Å². The fourth-order valence-electron chi connectivity index (χ4n) is 1.83. The van der Waals surface area contributed by atoms with Gasteiger partial charge in [0.2, 0.25) is 0 Å². The van der Waals surface area contributed by atoms with Gasteiger partial charge in [0.25, 0.3) is 0 Å². The van der Waals surface area contributed by atoms with Gasteiger partial charge in [0.1, 0.15) is 0 Å². The van der Waals surface area contributed by atoms with E-state index in [9.17, 15) is 0 Å². The molecule has 0 saturated heterocycles. The lowest BCUT2D eigenvalue weighted by molar-refractivity contribution is 0.639. The van der Waals surface area contributed by atoms with Crippen molar-refractivity contribution < 1.29 is 0 Å². The van der Waals surface area contributed by atoms with Gasteiger partial charge in [0, 0.05) is 0 Å². The van der Waals surface area contributed by atoms with Crippen LogP contribution >= 0.6 is 7.92 Å².